The summed E-state index contributed by atoms with van der Waals surface area (Å²) in [7, 11) is 0.544. The summed E-state index contributed by atoms with van der Waals surface area (Å²) in [5.74, 6) is -0.309. The average molecular weight is 217 g/mol. The maximum absolute atomic E-state index is 10.7. The number of ether oxygens (including phenoxy) is 1. The van der Waals surface area contributed by atoms with E-state index in [1.165, 1.54) is 6.08 Å². The molecule has 0 heterocycles. The zero-order chi connectivity index (χ0) is 10.5. The van der Waals surface area contributed by atoms with Crippen molar-refractivity contribution in [2.75, 3.05) is 13.3 Å². The van der Waals surface area contributed by atoms with Crippen LogP contribution in [0.15, 0.2) is 12.7 Å². The van der Waals surface area contributed by atoms with E-state index in [1.54, 1.807) is 0 Å². The first-order valence-corrected chi connectivity index (χ1v) is 9.46. The lowest BCUT2D eigenvalue weighted by Gasteiger charge is -2.29. The van der Waals surface area contributed by atoms with Gasteiger partial charge in [0.05, 0.1) is 6.23 Å². The SMILES string of the molecule is C=CC(=O)OC[SiH2]N(C)[Si](C)(C)C. The third-order valence-electron chi connectivity index (χ3n) is 1.98. The summed E-state index contributed by atoms with van der Waals surface area (Å²) in [6, 6.07) is 0. The van der Waals surface area contributed by atoms with Crippen molar-refractivity contribution in [3.8, 4) is 0 Å². The number of carbonyl (C=O) groups excluding carboxylic acids is 1. The molecular weight excluding hydrogens is 198 g/mol. The zero-order valence-electron chi connectivity index (χ0n) is 8.96. The molecule has 0 aromatic rings. The van der Waals surface area contributed by atoms with Gasteiger partial charge in [0.1, 0.15) is 17.9 Å². The van der Waals surface area contributed by atoms with Gasteiger partial charge in [-0.25, -0.2) is 4.79 Å². The number of esters is 1. The molecule has 0 fully saturated rings. The van der Waals surface area contributed by atoms with Crippen molar-refractivity contribution in [1.82, 2.24) is 4.23 Å². The third-order valence-corrected chi connectivity index (χ3v) is 8.85. The van der Waals surface area contributed by atoms with Crippen molar-refractivity contribution in [1.29, 1.82) is 0 Å². The summed E-state index contributed by atoms with van der Waals surface area (Å²) in [4.78, 5) is 10.7. The van der Waals surface area contributed by atoms with E-state index in [9.17, 15) is 4.79 Å². The standard InChI is InChI=1S/C8H19NO2Si2/c1-6-8(10)11-7-12-9(2)13(3,4)5/h6H,1,7,12H2,2-5H3. The molecule has 0 aromatic heterocycles. The van der Waals surface area contributed by atoms with Gasteiger partial charge >= 0.3 is 5.97 Å². The van der Waals surface area contributed by atoms with Gasteiger partial charge in [0, 0.05) is 6.08 Å². The molecule has 3 nitrogen and oxygen atoms in total. The highest BCUT2D eigenvalue weighted by molar-refractivity contribution is 6.78. The van der Waals surface area contributed by atoms with Crippen LogP contribution in [0.4, 0.5) is 0 Å². The molecule has 13 heavy (non-hydrogen) atoms. The normalized spacial score (nSPS) is 12.4. The minimum Gasteiger partial charge on any atom is -0.465 e. The first-order chi connectivity index (χ1) is 5.88. The average Bonchev–Trinajstić information content (AvgIpc) is 2.02. The Labute approximate surface area is 83.8 Å². The topological polar surface area (TPSA) is 29.5 Å². The van der Waals surface area contributed by atoms with Gasteiger partial charge in [0.25, 0.3) is 0 Å². The van der Waals surface area contributed by atoms with Crippen LogP contribution in [0.3, 0.4) is 0 Å². The molecule has 0 amide bonds. The molecule has 0 N–H and O–H groups in total. The predicted octanol–water partition coefficient (Wildman–Crippen LogP) is 0.524. The van der Waals surface area contributed by atoms with Crippen LogP contribution in [0.25, 0.3) is 0 Å². The van der Waals surface area contributed by atoms with Gasteiger partial charge in [0.2, 0.25) is 0 Å². The van der Waals surface area contributed by atoms with E-state index in [4.69, 9.17) is 4.74 Å². The van der Waals surface area contributed by atoms with Crippen molar-refractivity contribution in [2.45, 2.75) is 19.6 Å². The maximum Gasteiger partial charge on any atom is 0.329 e. The highest BCUT2D eigenvalue weighted by atomic mass is 28.4. The van der Waals surface area contributed by atoms with Crippen LogP contribution in [0.1, 0.15) is 0 Å². The molecule has 0 aromatic carbocycles. The molecule has 76 valence electrons. The number of rotatable bonds is 5. The lowest BCUT2D eigenvalue weighted by Crippen LogP contribution is -2.46. The predicted molar refractivity (Wildman–Crippen MR) is 60.8 cm³/mol. The summed E-state index contributed by atoms with van der Waals surface area (Å²) in [5.41, 5.74) is 0. The quantitative estimate of drug-likeness (QED) is 0.382. The Morgan fingerprint density at radius 3 is 2.54 bits per heavy atom. The van der Waals surface area contributed by atoms with E-state index in [1.807, 2.05) is 0 Å². The Morgan fingerprint density at radius 1 is 1.62 bits per heavy atom. The highest BCUT2D eigenvalue weighted by Crippen LogP contribution is 2.03. The summed E-state index contributed by atoms with van der Waals surface area (Å²) in [6.07, 6.45) is 1.80. The minimum absolute atomic E-state index is 0.309. The van der Waals surface area contributed by atoms with E-state index < -0.39 is 17.9 Å². The van der Waals surface area contributed by atoms with Crippen LogP contribution < -0.4 is 0 Å². The molecule has 0 aliphatic heterocycles. The first-order valence-electron chi connectivity index (χ1n) is 4.38. The van der Waals surface area contributed by atoms with E-state index in [-0.39, 0.29) is 5.97 Å². The molecule has 0 aliphatic carbocycles. The number of hydrogen-bond acceptors (Lipinski definition) is 3. The largest absolute Gasteiger partial charge is 0.465 e. The highest BCUT2D eigenvalue weighted by Gasteiger charge is 2.19. The molecule has 0 unspecified atom stereocenters. The van der Waals surface area contributed by atoms with Crippen LogP contribution in [0, 0.1) is 0 Å². The molecular formula is C8H19NO2Si2. The van der Waals surface area contributed by atoms with Gasteiger partial charge in [-0.3, -0.25) is 0 Å². The molecule has 0 bridgehead atoms. The summed E-state index contributed by atoms with van der Waals surface area (Å²) in [6.45, 7) is 10.2. The molecule has 0 saturated heterocycles. The van der Waals surface area contributed by atoms with Crippen LogP contribution in [-0.2, 0) is 9.53 Å². The van der Waals surface area contributed by atoms with Gasteiger partial charge in [-0.05, 0) is 7.05 Å². The summed E-state index contributed by atoms with van der Waals surface area (Å²) >= 11 is 0. The van der Waals surface area contributed by atoms with Crippen molar-refractivity contribution in [3.05, 3.63) is 12.7 Å². The number of nitrogens with zero attached hydrogens (tertiary/aromatic N) is 1. The van der Waals surface area contributed by atoms with Crippen molar-refractivity contribution < 1.29 is 9.53 Å². The van der Waals surface area contributed by atoms with Crippen LogP contribution in [0.2, 0.25) is 19.6 Å². The van der Waals surface area contributed by atoms with Crippen molar-refractivity contribution in [2.24, 2.45) is 0 Å². The molecule has 0 radical (unpaired) electrons. The minimum atomic E-state index is -1.16. The third kappa shape index (κ3) is 5.78. The Hall–Kier alpha value is -0.396. The van der Waals surface area contributed by atoms with Gasteiger partial charge in [0.15, 0.2) is 0 Å². The van der Waals surface area contributed by atoms with Crippen LogP contribution in [-0.4, -0.2) is 41.4 Å². The lowest BCUT2D eigenvalue weighted by atomic mass is 10.7. The Bertz CT molecular complexity index is 189. The maximum atomic E-state index is 10.7. The summed E-state index contributed by atoms with van der Waals surface area (Å²) in [5, 5.41) is 0. The van der Waals surface area contributed by atoms with Crippen LogP contribution >= 0.6 is 0 Å². The van der Waals surface area contributed by atoms with Crippen molar-refractivity contribution in [3.63, 3.8) is 0 Å². The number of carbonyl (C=O) groups is 1. The Balaban J connectivity index is 3.65. The zero-order valence-corrected chi connectivity index (χ0v) is 11.4. The molecule has 0 saturated carbocycles. The fourth-order valence-electron chi connectivity index (χ4n) is 0.678. The van der Waals surface area contributed by atoms with E-state index >= 15 is 0 Å². The van der Waals surface area contributed by atoms with Gasteiger partial charge in [-0.1, -0.05) is 26.2 Å². The first kappa shape index (κ1) is 12.6. The molecule has 0 spiro atoms. The monoisotopic (exact) mass is 217 g/mol. The van der Waals surface area contributed by atoms with Crippen molar-refractivity contribution >= 4 is 23.9 Å². The molecule has 0 rings (SSSR count). The molecule has 0 aliphatic rings. The van der Waals surface area contributed by atoms with Gasteiger partial charge in [-0.2, -0.15) is 0 Å². The fourth-order valence-corrected chi connectivity index (χ4v) is 4.20. The Kier molecular flexibility index (Phi) is 5.20. The molecule has 5 heteroatoms. The summed E-state index contributed by atoms with van der Waals surface area (Å²) < 4.78 is 7.35. The second-order valence-corrected chi connectivity index (χ2v) is 11.5. The lowest BCUT2D eigenvalue weighted by molar-refractivity contribution is -0.135. The second-order valence-electron chi connectivity index (χ2n) is 3.96. The van der Waals surface area contributed by atoms with Gasteiger partial charge in [-0.15, -0.1) is 0 Å². The second kappa shape index (κ2) is 5.36. The Morgan fingerprint density at radius 2 is 2.15 bits per heavy atom. The van der Waals surface area contributed by atoms with Gasteiger partial charge < -0.3 is 8.97 Å². The van der Waals surface area contributed by atoms with E-state index in [0.29, 0.717) is 6.23 Å². The van der Waals surface area contributed by atoms with E-state index in [0.717, 1.165) is 0 Å². The fraction of sp³-hybridized carbons (Fsp3) is 0.625. The number of hydrogen-bond donors (Lipinski definition) is 0. The van der Waals surface area contributed by atoms with Crippen LogP contribution in [0.5, 0.6) is 0 Å². The van der Waals surface area contributed by atoms with E-state index in [2.05, 4.69) is 37.5 Å². The smallest absolute Gasteiger partial charge is 0.329 e. The molecule has 0 atom stereocenters.